The average Bonchev–Trinajstić information content (AvgIpc) is 2.63. The summed E-state index contributed by atoms with van der Waals surface area (Å²) < 4.78 is 11.3. The Balaban J connectivity index is 1.95. The number of fused-ring (bicyclic) bond motifs is 2. The topological polar surface area (TPSA) is 75.4 Å². The molecule has 0 atom stereocenters. The lowest BCUT2D eigenvalue weighted by molar-refractivity contribution is 0.318. The second-order valence-electron chi connectivity index (χ2n) is 5.77. The van der Waals surface area contributed by atoms with Crippen LogP contribution in [0.1, 0.15) is 0 Å². The van der Waals surface area contributed by atoms with E-state index in [0.717, 1.165) is 29.9 Å². The van der Waals surface area contributed by atoms with Gasteiger partial charge in [0.25, 0.3) is 0 Å². The summed E-state index contributed by atoms with van der Waals surface area (Å²) in [5, 5.41) is 7.32. The van der Waals surface area contributed by atoms with Gasteiger partial charge in [-0.3, -0.25) is 4.79 Å². The molecule has 3 aromatic rings. The molecular formula is C19H23N3O3. The number of hydrogen-bond acceptors (Lipinski definition) is 5. The van der Waals surface area contributed by atoms with Gasteiger partial charge in [-0.2, -0.15) is 0 Å². The van der Waals surface area contributed by atoms with Crippen molar-refractivity contribution in [2.75, 3.05) is 40.4 Å². The summed E-state index contributed by atoms with van der Waals surface area (Å²) in [5.41, 5.74) is 1.54. The Labute approximate surface area is 146 Å². The number of hydrogen-bond donors (Lipinski definition) is 3. The third kappa shape index (κ3) is 3.92. The summed E-state index contributed by atoms with van der Waals surface area (Å²) >= 11 is 0. The lowest BCUT2D eigenvalue weighted by Crippen LogP contribution is -2.16. The molecule has 1 aromatic heterocycles. The Kier molecular flexibility index (Phi) is 5.53. The number of rotatable bonds is 8. The van der Waals surface area contributed by atoms with Gasteiger partial charge in [0, 0.05) is 29.9 Å². The van der Waals surface area contributed by atoms with Crippen molar-refractivity contribution in [3.8, 4) is 11.5 Å². The molecule has 0 bridgehead atoms. The van der Waals surface area contributed by atoms with Gasteiger partial charge in [0.15, 0.2) is 5.43 Å². The monoisotopic (exact) mass is 341 g/mol. The summed E-state index contributed by atoms with van der Waals surface area (Å²) in [6.07, 6.45) is 0. The molecule has 6 heteroatoms. The van der Waals surface area contributed by atoms with Crippen molar-refractivity contribution in [1.82, 2.24) is 15.6 Å². The highest BCUT2D eigenvalue weighted by Crippen LogP contribution is 2.22. The third-order valence-corrected chi connectivity index (χ3v) is 3.98. The molecule has 0 aliphatic rings. The first-order valence-electron chi connectivity index (χ1n) is 8.37. The first kappa shape index (κ1) is 17.3. The van der Waals surface area contributed by atoms with Crippen molar-refractivity contribution >= 4 is 21.8 Å². The van der Waals surface area contributed by atoms with Crippen molar-refractivity contribution in [1.29, 1.82) is 0 Å². The number of pyridine rings is 1. The van der Waals surface area contributed by atoms with Crippen LogP contribution in [-0.2, 0) is 0 Å². The Hall–Kier alpha value is -2.57. The number of likely N-dealkylation sites (N-methyl/N-ethyl adjacent to an activating group) is 2. The maximum atomic E-state index is 12.8. The molecule has 132 valence electrons. The predicted octanol–water partition coefficient (Wildman–Crippen LogP) is 1.88. The van der Waals surface area contributed by atoms with Crippen LogP contribution in [-0.4, -0.2) is 45.4 Å². The van der Waals surface area contributed by atoms with Gasteiger partial charge < -0.3 is 25.1 Å². The minimum absolute atomic E-state index is 0.00964. The first-order chi connectivity index (χ1) is 12.2. The largest absolute Gasteiger partial charge is 0.492 e. The van der Waals surface area contributed by atoms with Crippen LogP contribution >= 0.6 is 0 Å². The zero-order valence-corrected chi connectivity index (χ0v) is 14.5. The molecule has 0 radical (unpaired) electrons. The fourth-order valence-corrected chi connectivity index (χ4v) is 2.66. The summed E-state index contributed by atoms with van der Waals surface area (Å²) in [6, 6.07) is 11.0. The maximum Gasteiger partial charge on any atom is 0.197 e. The molecule has 0 unspecified atom stereocenters. The van der Waals surface area contributed by atoms with Crippen LogP contribution in [0.3, 0.4) is 0 Å². The quantitative estimate of drug-likeness (QED) is 0.431. The van der Waals surface area contributed by atoms with Gasteiger partial charge in [0.2, 0.25) is 0 Å². The normalized spacial score (nSPS) is 11.1. The lowest BCUT2D eigenvalue weighted by atomic mass is 10.1. The van der Waals surface area contributed by atoms with Crippen LogP contribution in [0.15, 0.2) is 41.2 Å². The van der Waals surface area contributed by atoms with Crippen molar-refractivity contribution in [3.05, 3.63) is 46.6 Å². The zero-order chi connectivity index (χ0) is 17.6. The molecule has 0 saturated heterocycles. The van der Waals surface area contributed by atoms with Gasteiger partial charge in [-0.1, -0.05) is 0 Å². The fraction of sp³-hybridized carbons (Fsp3) is 0.316. The van der Waals surface area contributed by atoms with Gasteiger partial charge in [-0.25, -0.2) is 0 Å². The summed E-state index contributed by atoms with van der Waals surface area (Å²) in [7, 11) is 3.75. The van der Waals surface area contributed by atoms with Crippen LogP contribution in [0.4, 0.5) is 0 Å². The Morgan fingerprint density at radius 1 is 0.840 bits per heavy atom. The van der Waals surface area contributed by atoms with E-state index in [2.05, 4.69) is 15.6 Å². The highest BCUT2D eigenvalue weighted by Gasteiger charge is 2.08. The van der Waals surface area contributed by atoms with Crippen LogP contribution in [0, 0.1) is 0 Å². The molecule has 3 N–H and O–H groups in total. The van der Waals surface area contributed by atoms with Gasteiger partial charge in [0.05, 0.1) is 11.0 Å². The summed E-state index contributed by atoms with van der Waals surface area (Å²) in [6.45, 7) is 2.65. The van der Waals surface area contributed by atoms with Crippen molar-refractivity contribution in [3.63, 3.8) is 0 Å². The second kappa shape index (κ2) is 8.00. The third-order valence-electron chi connectivity index (χ3n) is 3.98. The number of aromatic amines is 1. The van der Waals surface area contributed by atoms with E-state index in [9.17, 15) is 4.79 Å². The Bertz CT molecular complexity index is 921. The Morgan fingerprint density at radius 3 is 2.16 bits per heavy atom. The van der Waals surface area contributed by atoms with Crippen LogP contribution in [0.2, 0.25) is 0 Å². The maximum absolute atomic E-state index is 12.8. The van der Waals surface area contributed by atoms with Crippen LogP contribution in [0.25, 0.3) is 21.8 Å². The number of aromatic nitrogens is 1. The second-order valence-corrected chi connectivity index (χ2v) is 5.77. The van der Waals surface area contributed by atoms with Gasteiger partial charge in [-0.05, 0) is 44.4 Å². The molecule has 0 fully saturated rings. The minimum atomic E-state index is -0.00964. The molecule has 25 heavy (non-hydrogen) atoms. The average molecular weight is 341 g/mol. The molecule has 0 spiro atoms. The lowest BCUT2D eigenvalue weighted by Gasteiger charge is -2.09. The SMILES string of the molecule is CNCCOc1ccc2c(=O)c3cc(OCCNC)ccc3[nH]c2c1. The number of benzene rings is 2. The summed E-state index contributed by atoms with van der Waals surface area (Å²) in [5.74, 6) is 1.43. The van der Waals surface area contributed by atoms with Crippen molar-refractivity contribution < 1.29 is 9.47 Å². The number of H-pyrrole nitrogens is 1. The van der Waals surface area contributed by atoms with E-state index in [1.54, 1.807) is 12.1 Å². The highest BCUT2D eigenvalue weighted by molar-refractivity contribution is 5.93. The number of ether oxygens (including phenoxy) is 2. The number of nitrogens with one attached hydrogen (secondary N) is 3. The van der Waals surface area contributed by atoms with Crippen molar-refractivity contribution in [2.45, 2.75) is 0 Å². The van der Waals surface area contributed by atoms with E-state index >= 15 is 0 Å². The molecule has 0 amide bonds. The van der Waals surface area contributed by atoms with E-state index in [0.29, 0.717) is 29.7 Å². The van der Waals surface area contributed by atoms with Gasteiger partial charge in [-0.15, -0.1) is 0 Å². The van der Waals surface area contributed by atoms with E-state index in [1.165, 1.54) is 0 Å². The molecule has 2 aromatic carbocycles. The van der Waals surface area contributed by atoms with E-state index in [4.69, 9.17) is 9.47 Å². The van der Waals surface area contributed by atoms with E-state index in [1.807, 2.05) is 38.4 Å². The molecule has 0 aliphatic heterocycles. The van der Waals surface area contributed by atoms with E-state index in [-0.39, 0.29) is 5.43 Å². The minimum Gasteiger partial charge on any atom is -0.492 e. The van der Waals surface area contributed by atoms with E-state index < -0.39 is 0 Å². The smallest absolute Gasteiger partial charge is 0.197 e. The predicted molar refractivity (Wildman–Crippen MR) is 101 cm³/mol. The fourth-order valence-electron chi connectivity index (χ4n) is 2.66. The highest BCUT2D eigenvalue weighted by atomic mass is 16.5. The molecular weight excluding hydrogens is 318 g/mol. The molecule has 0 aliphatic carbocycles. The molecule has 0 saturated carbocycles. The standard InChI is InChI=1S/C19H23N3O3/c1-20-7-9-24-13-4-6-17-16(11-13)19(23)15-5-3-14(12-18(15)22-17)25-10-8-21-2/h3-6,11-12,20-21H,7-10H2,1-2H3,(H,22,23). The Morgan fingerprint density at radius 2 is 1.48 bits per heavy atom. The van der Waals surface area contributed by atoms with Gasteiger partial charge in [0.1, 0.15) is 24.7 Å². The first-order valence-corrected chi connectivity index (χ1v) is 8.37. The van der Waals surface area contributed by atoms with Crippen LogP contribution < -0.4 is 25.5 Å². The summed E-state index contributed by atoms with van der Waals surface area (Å²) in [4.78, 5) is 16.1. The molecule has 1 heterocycles. The molecule has 6 nitrogen and oxygen atoms in total. The zero-order valence-electron chi connectivity index (χ0n) is 14.5. The molecule has 3 rings (SSSR count). The van der Waals surface area contributed by atoms with Gasteiger partial charge >= 0.3 is 0 Å². The van der Waals surface area contributed by atoms with Crippen molar-refractivity contribution in [2.24, 2.45) is 0 Å². The van der Waals surface area contributed by atoms with Crippen LogP contribution in [0.5, 0.6) is 11.5 Å².